The van der Waals surface area contributed by atoms with Gasteiger partial charge in [0.15, 0.2) is 0 Å². The SMILES string of the molecule is CC1=C(C(=O)Nc2ccc(C)cc2C)C(c2ccc(Br)cc2)n2nc(SCc3ccccc3F)nc2N1. The van der Waals surface area contributed by atoms with E-state index in [9.17, 15) is 9.18 Å². The van der Waals surface area contributed by atoms with Crippen LogP contribution in [0.5, 0.6) is 0 Å². The van der Waals surface area contributed by atoms with Crippen LogP contribution < -0.4 is 10.6 Å². The highest BCUT2D eigenvalue weighted by Gasteiger charge is 2.34. The summed E-state index contributed by atoms with van der Waals surface area (Å²) in [5.74, 6) is 0.453. The number of anilines is 2. The number of carbonyl (C=O) groups excluding carboxylic acids is 1. The molecule has 1 atom stereocenters. The monoisotopic (exact) mass is 577 g/mol. The van der Waals surface area contributed by atoms with Crippen LogP contribution in [0.1, 0.15) is 35.2 Å². The van der Waals surface area contributed by atoms with E-state index in [2.05, 4.69) is 31.5 Å². The predicted molar refractivity (Wildman–Crippen MR) is 149 cm³/mol. The van der Waals surface area contributed by atoms with E-state index in [-0.39, 0.29) is 11.7 Å². The zero-order valence-corrected chi connectivity index (χ0v) is 23.0. The zero-order valence-electron chi connectivity index (χ0n) is 20.5. The molecule has 9 heteroatoms. The van der Waals surface area contributed by atoms with E-state index < -0.39 is 6.04 Å². The Hall–Kier alpha value is -3.43. The number of thioether (sulfide) groups is 1. The maximum absolute atomic E-state index is 14.1. The van der Waals surface area contributed by atoms with Crippen LogP contribution in [0.2, 0.25) is 0 Å². The number of benzene rings is 3. The lowest BCUT2D eigenvalue weighted by Crippen LogP contribution is -2.31. The summed E-state index contributed by atoms with van der Waals surface area (Å²) in [5.41, 5.74) is 5.60. The summed E-state index contributed by atoms with van der Waals surface area (Å²) >= 11 is 4.84. The quantitative estimate of drug-likeness (QED) is 0.241. The van der Waals surface area contributed by atoms with Gasteiger partial charge in [-0.05, 0) is 61.7 Å². The van der Waals surface area contributed by atoms with Gasteiger partial charge in [0.05, 0.1) is 5.57 Å². The lowest BCUT2D eigenvalue weighted by Gasteiger charge is -2.29. The number of aromatic nitrogens is 3. The summed E-state index contributed by atoms with van der Waals surface area (Å²) in [4.78, 5) is 18.4. The first-order valence-electron chi connectivity index (χ1n) is 11.7. The molecule has 0 saturated carbocycles. The molecule has 6 nitrogen and oxygen atoms in total. The van der Waals surface area contributed by atoms with Gasteiger partial charge in [0.25, 0.3) is 5.91 Å². The van der Waals surface area contributed by atoms with Crippen molar-refractivity contribution in [2.24, 2.45) is 0 Å². The minimum absolute atomic E-state index is 0.216. The number of allylic oxidation sites excluding steroid dienone is 1. The Bertz CT molecular complexity index is 1520. The summed E-state index contributed by atoms with van der Waals surface area (Å²) in [7, 11) is 0. The summed E-state index contributed by atoms with van der Waals surface area (Å²) in [6, 6.07) is 19.9. The van der Waals surface area contributed by atoms with Crippen molar-refractivity contribution in [3.63, 3.8) is 0 Å². The number of fused-ring (bicyclic) bond motifs is 1. The Labute approximate surface area is 227 Å². The van der Waals surface area contributed by atoms with Crippen LogP contribution in [0.4, 0.5) is 16.0 Å². The Kier molecular flexibility index (Phi) is 7.17. The van der Waals surface area contributed by atoms with Crippen molar-refractivity contribution in [1.29, 1.82) is 0 Å². The number of aryl methyl sites for hydroxylation is 2. The second kappa shape index (κ2) is 10.5. The van der Waals surface area contributed by atoms with Crippen LogP contribution in [0, 0.1) is 19.7 Å². The van der Waals surface area contributed by atoms with Gasteiger partial charge in [-0.1, -0.05) is 75.7 Å². The molecule has 1 aliphatic rings. The molecular formula is C28H25BrFN5OS. The van der Waals surface area contributed by atoms with Gasteiger partial charge in [-0.2, -0.15) is 4.98 Å². The fourth-order valence-corrected chi connectivity index (χ4v) is 5.42. The van der Waals surface area contributed by atoms with Crippen LogP contribution in [0.25, 0.3) is 0 Å². The highest BCUT2D eigenvalue weighted by molar-refractivity contribution is 9.10. The maximum Gasteiger partial charge on any atom is 0.255 e. The number of halogens is 2. The van der Waals surface area contributed by atoms with Crippen LogP contribution >= 0.6 is 27.7 Å². The molecule has 0 saturated heterocycles. The molecule has 0 aliphatic carbocycles. The number of amides is 1. The molecule has 1 amide bonds. The first-order valence-corrected chi connectivity index (χ1v) is 13.5. The highest BCUT2D eigenvalue weighted by Crippen LogP contribution is 2.37. The minimum atomic E-state index is -0.495. The Morgan fingerprint density at radius 1 is 1.11 bits per heavy atom. The summed E-state index contributed by atoms with van der Waals surface area (Å²) in [6.45, 7) is 5.87. The normalized spacial score (nSPS) is 14.8. The van der Waals surface area contributed by atoms with Gasteiger partial charge in [0.2, 0.25) is 11.1 Å². The molecule has 3 aromatic carbocycles. The van der Waals surface area contributed by atoms with Gasteiger partial charge < -0.3 is 10.6 Å². The molecule has 1 aliphatic heterocycles. The molecule has 37 heavy (non-hydrogen) atoms. The van der Waals surface area contributed by atoms with Crippen LogP contribution in [0.3, 0.4) is 0 Å². The first kappa shape index (κ1) is 25.2. The number of rotatable bonds is 6. The number of nitrogens with zero attached hydrogens (tertiary/aromatic N) is 3. The molecule has 0 spiro atoms. The standard InChI is InChI=1S/C28H25BrFN5OS/c1-16-8-13-23(17(2)14-16)32-26(36)24-18(3)31-27-33-28(37-15-20-6-4-5-7-22(20)30)34-35(27)25(24)19-9-11-21(29)12-10-19/h4-14,25H,15H2,1-3H3,(H,32,36)(H,31,33,34). The average molecular weight is 579 g/mol. The largest absolute Gasteiger partial charge is 0.328 e. The molecule has 4 aromatic rings. The first-order chi connectivity index (χ1) is 17.8. The number of hydrogen-bond acceptors (Lipinski definition) is 5. The van der Waals surface area contributed by atoms with Gasteiger partial charge in [-0.15, -0.1) is 5.10 Å². The van der Waals surface area contributed by atoms with Crippen molar-refractivity contribution in [3.8, 4) is 0 Å². The Morgan fingerprint density at radius 2 is 1.86 bits per heavy atom. The summed E-state index contributed by atoms with van der Waals surface area (Å²) in [6.07, 6.45) is 0. The lowest BCUT2D eigenvalue weighted by atomic mass is 9.95. The second-order valence-electron chi connectivity index (χ2n) is 8.93. The molecule has 1 unspecified atom stereocenters. The fourth-order valence-electron chi connectivity index (χ4n) is 4.34. The average Bonchev–Trinajstić information content (AvgIpc) is 3.27. The number of nitrogens with one attached hydrogen (secondary N) is 2. The van der Waals surface area contributed by atoms with Crippen molar-refractivity contribution in [1.82, 2.24) is 14.8 Å². The number of hydrogen-bond donors (Lipinski definition) is 2. The van der Waals surface area contributed by atoms with E-state index in [1.807, 2.05) is 69.3 Å². The van der Waals surface area contributed by atoms with Crippen LogP contribution in [-0.2, 0) is 10.5 Å². The predicted octanol–water partition coefficient (Wildman–Crippen LogP) is 7.02. The van der Waals surface area contributed by atoms with Crippen molar-refractivity contribution < 1.29 is 9.18 Å². The third-order valence-corrected chi connectivity index (χ3v) is 7.62. The molecular weight excluding hydrogens is 553 g/mol. The van der Waals surface area contributed by atoms with Crippen molar-refractivity contribution >= 4 is 45.2 Å². The van der Waals surface area contributed by atoms with Crippen molar-refractivity contribution in [2.75, 3.05) is 10.6 Å². The molecule has 5 rings (SSSR count). The molecule has 2 heterocycles. The minimum Gasteiger partial charge on any atom is -0.328 e. The smallest absolute Gasteiger partial charge is 0.255 e. The van der Waals surface area contributed by atoms with Crippen molar-refractivity contribution in [2.45, 2.75) is 37.7 Å². The van der Waals surface area contributed by atoms with Gasteiger partial charge in [0, 0.05) is 21.6 Å². The lowest BCUT2D eigenvalue weighted by molar-refractivity contribution is -0.113. The van der Waals surface area contributed by atoms with Crippen LogP contribution in [0.15, 0.2) is 87.6 Å². The van der Waals surface area contributed by atoms with E-state index in [1.54, 1.807) is 16.8 Å². The van der Waals surface area contributed by atoms with E-state index >= 15 is 0 Å². The summed E-state index contributed by atoms with van der Waals surface area (Å²) in [5, 5.41) is 11.6. The Morgan fingerprint density at radius 3 is 2.59 bits per heavy atom. The molecule has 1 aromatic heterocycles. The third kappa shape index (κ3) is 5.33. The summed E-state index contributed by atoms with van der Waals surface area (Å²) < 4.78 is 16.8. The van der Waals surface area contributed by atoms with E-state index in [0.717, 1.165) is 26.9 Å². The molecule has 2 N–H and O–H groups in total. The topological polar surface area (TPSA) is 71.8 Å². The van der Waals surface area contributed by atoms with E-state index in [4.69, 9.17) is 5.10 Å². The molecule has 0 bridgehead atoms. The molecule has 188 valence electrons. The fraction of sp³-hybridized carbons (Fsp3) is 0.179. The van der Waals surface area contributed by atoms with Crippen LogP contribution in [-0.4, -0.2) is 20.7 Å². The van der Waals surface area contributed by atoms with E-state index in [1.165, 1.54) is 17.8 Å². The van der Waals surface area contributed by atoms with Crippen molar-refractivity contribution in [3.05, 3.63) is 111 Å². The van der Waals surface area contributed by atoms with Gasteiger partial charge in [-0.3, -0.25) is 4.79 Å². The number of carbonyl (C=O) groups is 1. The van der Waals surface area contributed by atoms with Gasteiger partial charge in [0.1, 0.15) is 11.9 Å². The molecule has 0 fully saturated rings. The third-order valence-electron chi connectivity index (χ3n) is 6.21. The highest BCUT2D eigenvalue weighted by atomic mass is 79.9. The van der Waals surface area contributed by atoms with E-state index in [0.29, 0.717) is 33.7 Å². The zero-order chi connectivity index (χ0) is 26.1. The van der Waals surface area contributed by atoms with Gasteiger partial charge in [-0.25, -0.2) is 9.07 Å². The molecule has 0 radical (unpaired) electrons. The second-order valence-corrected chi connectivity index (χ2v) is 10.8. The Balaban J connectivity index is 1.50. The van der Waals surface area contributed by atoms with Gasteiger partial charge >= 0.3 is 0 Å². The maximum atomic E-state index is 14.1.